The lowest BCUT2D eigenvalue weighted by Gasteiger charge is -2.28. The highest BCUT2D eigenvalue weighted by Gasteiger charge is 2.38. The van der Waals surface area contributed by atoms with E-state index in [0.29, 0.717) is 17.9 Å². The van der Waals surface area contributed by atoms with Gasteiger partial charge < -0.3 is 10.1 Å². The van der Waals surface area contributed by atoms with Crippen LogP contribution < -0.4 is 5.32 Å². The quantitative estimate of drug-likeness (QED) is 0.751. The van der Waals surface area contributed by atoms with Gasteiger partial charge in [0.1, 0.15) is 0 Å². The van der Waals surface area contributed by atoms with Crippen molar-refractivity contribution in [2.75, 3.05) is 19.8 Å². The van der Waals surface area contributed by atoms with E-state index in [9.17, 15) is 0 Å². The van der Waals surface area contributed by atoms with Gasteiger partial charge in [-0.1, -0.05) is 30.3 Å². The van der Waals surface area contributed by atoms with Gasteiger partial charge >= 0.3 is 0 Å². The molecule has 1 aromatic rings. The molecule has 80 valence electrons. The van der Waals surface area contributed by atoms with E-state index >= 15 is 0 Å². The minimum atomic E-state index is 0.650. The van der Waals surface area contributed by atoms with Crippen molar-refractivity contribution in [2.24, 2.45) is 5.92 Å². The Morgan fingerprint density at radius 1 is 1.20 bits per heavy atom. The highest BCUT2D eigenvalue weighted by atomic mass is 16.5. The maximum absolute atomic E-state index is 5.60. The molecule has 0 radical (unpaired) electrons. The van der Waals surface area contributed by atoms with Gasteiger partial charge in [-0.3, -0.25) is 0 Å². The molecule has 2 fully saturated rings. The van der Waals surface area contributed by atoms with Crippen molar-refractivity contribution in [1.82, 2.24) is 5.32 Å². The van der Waals surface area contributed by atoms with Gasteiger partial charge in [-0.2, -0.15) is 0 Å². The molecular weight excluding hydrogens is 186 g/mol. The first-order valence-electron chi connectivity index (χ1n) is 5.81. The van der Waals surface area contributed by atoms with Crippen molar-refractivity contribution in [3.63, 3.8) is 0 Å². The summed E-state index contributed by atoms with van der Waals surface area (Å²) in [5, 5.41) is 3.63. The summed E-state index contributed by atoms with van der Waals surface area (Å²) in [6.45, 7) is 2.97. The Kier molecular flexibility index (Phi) is 2.47. The summed E-state index contributed by atoms with van der Waals surface area (Å²) < 4.78 is 5.60. The molecule has 15 heavy (non-hydrogen) atoms. The van der Waals surface area contributed by atoms with Crippen LogP contribution in [-0.4, -0.2) is 25.8 Å². The van der Waals surface area contributed by atoms with Gasteiger partial charge in [0.05, 0.1) is 6.61 Å². The third-order valence-electron chi connectivity index (χ3n) is 3.74. The molecule has 2 aliphatic rings. The molecule has 0 saturated carbocycles. The molecule has 0 spiro atoms. The summed E-state index contributed by atoms with van der Waals surface area (Å²) in [6.07, 6.45) is 1.17. The molecule has 0 aromatic heterocycles. The van der Waals surface area contributed by atoms with Crippen molar-refractivity contribution < 1.29 is 4.74 Å². The SMILES string of the molecule is c1ccc(C2CNC3CCOCC32)cc1. The molecule has 0 amide bonds. The number of hydrogen-bond donors (Lipinski definition) is 1. The molecular formula is C13H17NO. The number of nitrogens with one attached hydrogen (secondary N) is 1. The second-order valence-electron chi connectivity index (χ2n) is 4.56. The molecule has 2 nitrogen and oxygen atoms in total. The first-order valence-corrected chi connectivity index (χ1v) is 5.81. The minimum absolute atomic E-state index is 0.650. The molecule has 2 heteroatoms. The van der Waals surface area contributed by atoms with E-state index in [1.165, 1.54) is 12.0 Å². The Labute approximate surface area is 90.6 Å². The second kappa shape index (κ2) is 3.95. The van der Waals surface area contributed by atoms with Crippen LogP contribution >= 0.6 is 0 Å². The topological polar surface area (TPSA) is 21.3 Å². The van der Waals surface area contributed by atoms with Crippen LogP contribution in [0.25, 0.3) is 0 Å². The largest absolute Gasteiger partial charge is 0.381 e. The van der Waals surface area contributed by atoms with E-state index in [4.69, 9.17) is 4.74 Å². The monoisotopic (exact) mass is 203 g/mol. The van der Waals surface area contributed by atoms with Crippen LogP contribution in [0.5, 0.6) is 0 Å². The lowest BCUT2D eigenvalue weighted by atomic mass is 9.84. The standard InChI is InChI=1S/C13H17NO/c1-2-4-10(5-3-1)11-8-14-13-6-7-15-9-12(11)13/h1-5,11-14H,6-9H2. The van der Waals surface area contributed by atoms with Gasteiger partial charge in [0, 0.05) is 31.0 Å². The van der Waals surface area contributed by atoms with E-state index in [1.807, 2.05) is 0 Å². The van der Waals surface area contributed by atoms with Crippen molar-refractivity contribution in [3.8, 4) is 0 Å². The fourth-order valence-electron chi connectivity index (χ4n) is 2.90. The summed E-state index contributed by atoms with van der Waals surface area (Å²) in [5.41, 5.74) is 1.46. The zero-order valence-corrected chi connectivity index (χ0v) is 8.86. The molecule has 3 rings (SSSR count). The zero-order chi connectivity index (χ0) is 10.1. The van der Waals surface area contributed by atoms with E-state index < -0.39 is 0 Å². The number of hydrogen-bond acceptors (Lipinski definition) is 2. The van der Waals surface area contributed by atoms with Crippen LogP contribution in [0.1, 0.15) is 17.9 Å². The first-order chi connectivity index (χ1) is 7.45. The molecule has 0 bridgehead atoms. The van der Waals surface area contributed by atoms with Gasteiger partial charge in [-0.25, -0.2) is 0 Å². The highest BCUT2D eigenvalue weighted by Crippen LogP contribution is 2.35. The van der Waals surface area contributed by atoms with Gasteiger partial charge in [0.25, 0.3) is 0 Å². The van der Waals surface area contributed by atoms with Crippen molar-refractivity contribution in [2.45, 2.75) is 18.4 Å². The minimum Gasteiger partial charge on any atom is -0.381 e. The zero-order valence-electron chi connectivity index (χ0n) is 8.86. The Balaban J connectivity index is 1.82. The van der Waals surface area contributed by atoms with Crippen LogP contribution in [-0.2, 0) is 4.74 Å². The molecule has 2 heterocycles. The summed E-state index contributed by atoms with van der Waals surface area (Å²) >= 11 is 0. The Hall–Kier alpha value is -0.860. The summed E-state index contributed by atoms with van der Waals surface area (Å²) in [7, 11) is 0. The fraction of sp³-hybridized carbons (Fsp3) is 0.538. The van der Waals surface area contributed by atoms with E-state index in [0.717, 1.165) is 19.8 Å². The van der Waals surface area contributed by atoms with Crippen molar-refractivity contribution in [3.05, 3.63) is 35.9 Å². The molecule has 0 aliphatic carbocycles. The van der Waals surface area contributed by atoms with Crippen LogP contribution in [0.2, 0.25) is 0 Å². The second-order valence-corrected chi connectivity index (χ2v) is 4.56. The van der Waals surface area contributed by atoms with Gasteiger partial charge in [0.15, 0.2) is 0 Å². The van der Waals surface area contributed by atoms with E-state index in [2.05, 4.69) is 35.6 Å². The van der Waals surface area contributed by atoms with Gasteiger partial charge in [-0.15, -0.1) is 0 Å². The van der Waals surface area contributed by atoms with Crippen LogP contribution in [0.3, 0.4) is 0 Å². The number of fused-ring (bicyclic) bond motifs is 1. The average Bonchev–Trinajstić information content (AvgIpc) is 2.74. The van der Waals surface area contributed by atoms with E-state index in [1.54, 1.807) is 0 Å². The number of benzene rings is 1. The first kappa shape index (κ1) is 9.37. The molecule has 3 unspecified atom stereocenters. The lowest BCUT2D eigenvalue weighted by molar-refractivity contribution is 0.0427. The van der Waals surface area contributed by atoms with Crippen LogP contribution in [0.15, 0.2) is 30.3 Å². The Bertz CT molecular complexity index is 325. The predicted octanol–water partition coefficient (Wildman–Crippen LogP) is 1.78. The average molecular weight is 203 g/mol. The maximum atomic E-state index is 5.60. The third kappa shape index (κ3) is 1.68. The lowest BCUT2D eigenvalue weighted by Crippen LogP contribution is -2.35. The molecule has 2 saturated heterocycles. The number of rotatable bonds is 1. The molecule has 1 aromatic carbocycles. The fourth-order valence-corrected chi connectivity index (χ4v) is 2.90. The van der Waals surface area contributed by atoms with Gasteiger partial charge in [0.2, 0.25) is 0 Å². The highest BCUT2D eigenvalue weighted by molar-refractivity contribution is 5.23. The number of ether oxygens (including phenoxy) is 1. The van der Waals surface area contributed by atoms with Crippen molar-refractivity contribution >= 4 is 0 Å². The summed E-state index contributed by atoms with van der Waals surface area (Å²) in [5.74, 6) is 1.33. The van der Waals surface area contributed by atoms with E-state index in [-0.39, 0.29) is 0 Å². The predicted molar refractivity (Wildman–Crippen MR) is 59.9 cm³/mol. The maximum Gasteiger partial charge on any atom is 0.0515 e. The summed E-state index contributed by atoms with van der Waals surface area (Å²) in [4.78, 5) is 0. The normalized spacial score (nSPS) is 35.1. The Morgan fingerprint density at radius 2 is 2.07 bits per heavy atom. The molecule has 3 atom stereocenters. The van der Waals surface area contributed by atoms with Crippen LogP contribution in [0.4, 0.5) is 0 Å². The molecule has 1 N–H and O–H groups in total. The molecule has 2 aliphatic heterocycles. The smallest absolute Gasteiger partial charge is 0.0515 e. The summed E-state index contributed by atoms with van der Waals surface area (Å²) in [6, 6.07) is 11.5. The van der Waals surface area contributed by atoms with Gasteiger partial charge in [-0.05, 0) is 12.0 Å². The third-order valence-corrected chi connectivity index (χ3v) is 3.74. The Morgan fingerprint density at radius 3 is 2.93 bits per heavy atom. The van der Waals surface area contributed by atoms with Crippen LogP contribution in [0, 0.1) is 5.92 Å². The van der Waals surface area contributed by atoms with Crippen molar-refractivity contribution in [1.29, 1.82) is 0 Å².